The zero-order valence-electron chi connectivity index (χ0n) is 17.0. The molecule has 2 aliphatic heterocycles. The van der Waals surface area contributed by atoms with Gasteiger partial charge in [-0.05, 0) is 38.1 Å². The number of rotatable bonds is 6. The molecule has 174 valence electrons. The molecule has 0 spiro atoms. The predicted octanol–water partition coefficient (Wildman–Crippen LogP) is -2.08. The maximum absolute atomic E-state index is 11.4. The molecule has 2 heterocycles. The molecule has 2 fully saturated rings. The molecule has 0 radical (unpaired) electrons. The first-order valence-electron chi connectivity index (χ1n) is 9.88. The largest absolute Gasteiger partial charge is 0.462 e. The van der Waals surface area contributed by atoms with Crippen molar-refractivity contribution >= 4 is 5.78 Å². The van der Waals surface area contributed by atoms with Crippen LogP contribution in [0.25, 0.3) is 0 Å². The third-order valence-corrected chi connectivity index (χ3v) is 5.41. The Hall–Kier alpha value is -1.67. The third-order valence-electron chi connectivity index (χ3n) is 5.41. The molecule has 11 heteroatoms. The lowest BCUT2D eigenvalue weighted by Gasteiger charge is -2.42. The van der Waals surface area contributed by atoms with Crippen LogP contribution in [0.3, 0.4) is 0 Å². The number of Topliss-reactive ketones (excluding diaryl/α,β-unsaturated/α-hetero) is 1. The zero-order chi connectivity index (χ0) is 22.9. The quantitative estimate of drug-likeness (QED) is 0.266. The first kappa shape index (κ1) is 24.0. The van der Waals surface area contributed by atoms with Crippen molar-refractivity contribution in [3.63, 3.8) is 0 Å². The van der Waals surface area contributed by atoms with Crippen LogP contribution < -0.4 is 4.74 Å². The van der Waals surface area contributed by atoms with E-state index in [1.807, 2.05) is 0 Å². The van der Waals surface area contributed by atoms with Crippen molar-refractivity contribution in [1.29, 1.82) is 0 Å². The minimum absolute atomic E-state index is 0.129. The maximum atomic E-state index is 11.4. The first-order chi connectivity index (χ1) is 14.6. The summed E-state index contributed by atoms with van der Waals surface area (Å²) in [7, 11) is 0. The Kier molecular flexibility index (Phi) is 7.63. The molecule has 0 unspecified atom stereocenters. The molecule has 2 aliphatic rings. The number of hydrogen-bond acceptors (Lipinski definition) is 11. The monoisotopic (exact) mass is 444 g/mol. The standard InChI is InChI=1S/C20H28O11/c1-8(21)10-3-5-11(6-4-10)30-20-18(27)16(25)14(23)12(31-20)7-28-19-17(26)15(24)13(22)9(2)29-19/h3-6,9,12-20,22-27H,7H2,1-2H3/t9-,12+,13+,14-,15-,16+,17-,18-,19-,20-/m1/s1. The van der Waals surface area contributed by atoms with Gasteiger partial charge in [0.2, 0.25) is 6.29 Å². The summed E-state index contributed by atoms with van der Waals surface area (Å²) in [5.74, 6) is 0.129. The van der Waals surface area contributed by atoms with Gasteiger partial charge in [0.05, 0.1) is 12.7 Å². The highest BCUT2D eigenvalue weighted by molar-refractivity contribution is 5.94. The Morgan fingerprint density at radius 3 is 2.03 bits per heavy atom. The molecule has 1 aromatic carbocycles. The van der Waals surface area contributed by atoms with Gasteiger partial charge in [0.25, 0.3) is 0 Å². The Labute approximate surface area is 178 Å². The van der Waals surface area contributed by atoms with Crippen molar-refractivity contribution < 1.29 is 54.4 Å². The van der Waals surface area contributed by atoms with Crippen LogP contribution in [0.2, 0.25) is 0 Å². The lowest BCUT2D eigenvalue weighted by Crippen LogP contribution is -2.61. The summed E-state index contributed by atoms with van der Waals surface area (Å²) in [5.41, 5.74) is 0.465. The minimum atomic E-state index is -1.62. The van der Waals surface area contributed by atoms with E-state index in [9.17, 15) is 35.4 Å². The number of ether oxygens (including phenoxy) is 4. The molecule has 0 aromatic heterocycles. The summed E-state index contributed by atoms with van der Waals surface area (Å²) in [6.07, 6.45) is -13.7. The van der Waals surface area contributed by atoms with Gasteiger partial charge in [0.1, 0.15) is 48.5 Å². The molecule has 10 atom stereocenters. The van der Waals surface area contributed by atoms with Gasteiger partial charge >= 0.3 is 0 Å². The summed E-state index contributed by atoms with van der Waals surface area (Å²) < 4.78 is 21.8. The fraction of sp³-hybridized carbons (Fsp3) is 0.650. The second kappa shape index (κ2) is 9.86. The smallest absolute Gasteiger partial charge is 0.229 e. The second-order valence-corrected chi connectivity index (χ2v) is 7.73. The number of aliphatic hydroxyl groups is 6. The second-order valence-electron chi connectivity index (χ2n) is 7.73. The van der Waals surface area contributed by atoms with E-state index in [0.717, 1.165) is 0 Å². The summed E-state index contributed by atoms with van der Waals surface area (Å²) in [5, 5.41) is 60.2. The zero-order valence-corrected chi connectivity index (χ0v) is 17.0. The highest BCUT2D eigenvalue weighted by Gasteiger charge is 2.47. The van der Waals surface area contributed by atoms with Crippen molar-refractivity contribution in [2.45, 2.75) is 75.3 Å². The highest BCUT2D eigenvalue weighted by Crippen LogP contribution is 2.27. The molecule has 31 heavy (non-hydrogen) atoms. The molecule has 0 aliphatic carbocycles. The molecular formula is C20H28O11. The van der Waals surface area contributed by atoms with E-state index in [0.29, 0.717) is 5.56 Å². The molecular weight excluding hydrogens is 416 g/mol. The normalized spacial score (nSPS) is 41.0. The Morgan fingerprint density at radius 2 is 1.42 bits per heavy atom. The van der Waals surface area contributed by atoms with E-state index in [-0.39, 0.29) is 18.1 Å². The van der Waals surface area contributed by atoms with E-state index < -0.39 is 61.4 Å². The van der Waals surface area contributed by atoms with Crippen LogP contribution in [0.4, 0.5) is 0 Å². The Bertz CT molecular complexity index is 741. The molecule has 0 bridgehead atoms. The van der Waals surface area contributed by atoms with Crippen molar-refractivity contribution in [2.24, 2.45) is 0 Å². The molecule has 0 amide bonds. The third kappa shape index (κ3) is 5.22. The summed E-state index contributed by atoms with van der Waals surface area (Å²) in [6.45, 7) is 2.52. The lowest BCUT2D eigenvalue weighted by atomic mass is 9.98. The van der Waals surface area contributed by atoms with Gasteiger partial charge in [-0.2, -0.15) is 0 Å². The van der Waals surface area contributed by atoms with E-state index in [1.165, 1.54) is 38.1 Å². The van der Waals surface area contributed by atoms with E-state index in [1.54, 1.807) is 0 Å². The fourth-order valence-electron chi connectivity index (χ4n) is 3.39. The number of carbonyl (C=O) groups is 1. The van der Waals surface area contributed by atoms with Gasteiger partial charge in [0, 0.05) is 5.56 Å². The minimum Gasteiger partial charge on any atom is -0.462 e. The average Bonchev–Trinajstić information content (AvgIpc) is 2.75. The molecule has 1 aromatic rings. The van der Waals surface area contributed by atoms with E-state index in [4.69, 9.17) is 18.9 Å². The Balaban J connectivity index is 1.63. The number of hydrogen-bond donors (Lipinski definition) is 6. The van der Waals surface area contributed by atoms with E-state index >= 15 is 0 Å². The number of aliphatic hydroxyl groups excluding tert-OH is 6. The molecule has 3 rings (SSSR count). The highest BCUT2D eigenvalue weighted by atomic mass is 16.7. The summed E-state index contributed by atoms with van der Waals surface area (Å²) in [6, 6.07) is 6.05. The number of carbonyl (C=O) groups excluding carboxylic acids is 1. The fourth-order valence-corrected chi connectivity index (χ4v) is 3.39. The predicted molar refractivity (Wildman–Crippen MR) is 102 cm³/mol. The van der Waals surface area contributed by atoms with Gasteiger partial charge in [-0.1, -0.05) is 0 Å². The van der Waals surface area contributed by atoms with E-state index in [2.05, 4.69) is 0 Å². The Morgan fingerprint density at radius 1 is 0.839 bits per heavy atom. The van der Waals surface area contributed by atoms with Gasteiger partial charge < -0.3 is 49.6 Å². The lowest BCUT2D eigenvalue weighted by molar-refractivity contribution is -0.318. The summed E-state index contributed by atoms with van der Waals surface area (Å²) >= 11 is 0. The molecule has 6 N–H and O–H groups in total. The van der Waals surface area contributed by atoms with Crippen molar-refractivity contribution in [2.75, 3.05) is 6.61 Å². The van der Waals surface area contributed by atoms with Crippen LogP contribution in [0.15, 0.2) is 24.3 Å². The van der Waals surface area contributed by atoms with Crippen LogP contribution in [0, 0.1) is 0 Å². The average molecular weight is 444 g/mol. The van der Waals surface area contributed by atoms with Crippen LogP contribution in [0.1, 0.15) is 24.2 Å². The van der Waals surface area contributed by atoms with Gasteiger partial charge in [-0.25, -0.2) is 0 Å². The topological polar surface area (TPSA) is 175 Å². The van der Waals surface area contributed by atoms with Crippen molar-refractivity contribution in [3.05, 3.63) is 29.8 Å². The summed E-state index contributed by atoms with van der Waals surface area (Å²) in [4.78, 5) is 11.4. The number of benzene rings is 1. The van der Waals surface area contributed by atoms with Crippen LogP contribution >= 0.6 is 0 Å². The SMILES string of the molecule is CC(=O)c1ccc(O[C@@H]2O[C@@H](CO[C@@H]3O[C@H](C)[C@H](O)[C@@H](O)[C@H]3O)[C@@H](O)[C@H](O)[C@H]2O)cc1. The van der Waals surface area contributed by atoms with Crippen molar-refractivity contribution in [3.8, 4) is 5.75 Å². The van der Waals surface area contributed by atoms with Crippen molar-refractivity contribution in [1.82, 2.24) is 0 Å². The van der Waals surface area contributed by atoms with Crippen LogP contribution in [-0.2, 0) is 14.2 Å². The van der Waals surface area contributed by atoms with Crippen LogP contribution in [0.5, 0.6) is 5.75 Å². The van der Waals surface area contributed by atoms with Crippen LogP contribution in [-0.4, -0.2) is 104 Å². The first-order valence-corrected chi connectivity index (χ1v) is 9.88. The van der Waals surface area contributed by atoms with Gasteiger partial charge in [0.15, 0.2) is 12.1 Å². The number of ketones is 1. The molecule has 2 saturated heterocycles. The van der Waals surface area contributed by atoms with Gasteiger partial charge in [-0.15, -0.1) is 0 Å². The maximum Gasteiger partial charge on any atom is 0.229 e. The molecule has 11 nitrogen and oxygen atoms in total. The van der Waals surface area contributed by atoms with Gasteiger partial charge in [-0.3, -0.25) is 4.79 Å². The molecule has 0 saturated carbocycles.